The van der Waals surface area contributed by atoms with Crippen molar-refractivity contribution in [3.8, 4) is 16.9 Å². The Morgan fingerprint density at radius 1 is 1.08 bits per heavy atom. The van der Waals surface area contributed by atoms with Crippen molar-refractivity contribution in [3.63, 3.8) is 0 Å². The maximum Gasteiger partial charge on any atom is 0.332 e. The van der Waals surface area contributed by atoms with Gasteiger partial charge >= 0.3 is 5.97 Å². The molecular weight excluding hydrogens is 320 g/mol. The van der Waals surface area contributed by atoms with Crippen LogP contribution < -0.4 is 10.3 Å². The Labute approximate surface area is 142 Å². The zero-order valence-corrected chi connectivity index (χ0v) is 13.6. The lowest BCUT2D eigenvalue weighted by Gasteiger charge is -2.06. The average Bonchev–Trinajstić information content (AvgIpc) is 2.94. The van der Waals surface area contributed by atoms with Gasteiger partial charge in [-0.3, -0.25) is 4.79 Å². The molecule has 25 heavy (non-hydrogen) atoms. The smallest absolute Gasteiger partial charge is 0.332 e. The summed E-state index contributed by atoms with van der Waals surface area (Å²) in [5.41, 5.74) is 3.52. The number of H-pyrrole nitrogens is 1. The molecule has 1 heterocycles. The first-order valence-corrected chi connectivity index (χ1v) is 7.70. The van der Waals surface area contributed by atoms with Gasteiger partial charge in [0.05, 0.1) is 12.7 Å². The van der Waals surface area contributed by atoms with Crippen molar-refractivity contribution in [2.24, 2.45) is 5.16 Å². The molecule has 1 N–H and O–H groups in total. The summed E-state index contributed by atoms with van der Waals surface area (Å²) in [6.45, 7) is 1.28. The highest BCUT2D eigenvalue weighted by Gasteiger charge is 2.31. The van der Waals surface area contributed by atoms with Crippen LogP contribution >= 0.6 is 0 Å². The molecule has 0 amide bonds. The highest BCUT2D eigenvalue weighted by Crippen LogP contribution is 2.39. The summed E-state index contributed by atoms with van der Waals surface area (Å²) in [7, 11) is 1.56. The van der Waals surface area contributed by atoms with E-state index in [0.717, 1.165) is 10.9 Å². The van der Waals surface area contributed by atoms with Gasteiger partial charge in [0.2, 0.25) is 0 Å². The van der Waals surface area contributed by atoms with Crippen molar-refractivity contribution < 1.29 is 14.4 Å². The van der Waals surface area contributed by atoms with Gasteiger partial charge < -0.3 is 14.6 Å². The number of carbonyl (C=O) groups is 1. The topological polar surface area (TPSA) is 80.8 Å². The van der Waals surface area contributed by atoms with Gasteiger partial charge in [-0.2, -0.15) is 0 Å². The molecule has 0 saturated carbocycles. The van der Waals surface area contributed by atoms with E-state index in [0.29, 0.717) is 33.7 Å². The second-order valence-corrected chi connectivity index (χ2v) is 5.68. The predicted molar refractivity (Wildman–Crippen MR) is 94.0 cm³/mol. The van der Waals surface area contributed by atoms with E-state index in [4.69, 9.17) is 9.57 Å². The molecule has 6 heteroatoms. The normalized spacial score (nSPS) is 13.6. The molecule has 0 fully saturated rings. The second-order valence-electron chi connectivity index (χ2n) is 5.68. The van der Waals surface area contributed by atoms with Crippen LogP contribution in [-0.4, -0.2) is 23.8 Å². The highest BCUT2D eigenvalue weighted by molar-refractivity contribution is 6.29. The summed E-state index contributed by atoms with van der Waals surface area (Å²) in [5.74, 6) is 0.0994. The maximum absolute atomic E-state index is 12.7. The maximum atomic E-state index is 12.7. The first-order valence-electron chi connectivity index (χ1n) is 7.70. The third-order valence-electron chi connectivity index (χ3n) is 4.18. The van der Waals surface area contributed by atoms with Crippen molar-refractivity contribution in [3.05, 3.63) is 63.9 Å². The van der Waals surface area contributed by atoms with Gasteiger partial charge in [-0.15, -0.1) is 0 Å². The molecule has 0 unspecified atom stereocenters. The van der Waals surface area contributed by atoms with E-state index in [-0.39, 0.29) is 5.56 Å². The van der Waals surface area contributed by atoms with Crippen LogP contribution in [0.2, 0.25) is 0 Å². The Bertz CT molecular complexity index is 1110. The van der Waals surface area contributed by atoms with E-state index in [9.17, 15) is 9.59 Å². The Balaban J connectivity index is 2.11. The van der Waals surface area contributed by atoms with Crippen LogP contribution in [0.3, 0.4) is 0 Å². The first kappa shape index (κ1) is 15.1. The predicted octanol–water partition coefficient (Wildman–Crippen LogP) is 2.83. The lowest BCUT2D eigenvalue weighted by molar-refractivity contribution is -0.140. The minimum absolute atomic E-state index is 0.215. The molecule has 3 aromatic rings. The zero-order valence-electron chi connectivity index (χ0n) is 13.6. The van der Waals surface area contributed by atoms with Gasteiger partial charge in [0.25, 0.3) is 5.56 Å². The lowest BCUT2D eigenvalue weighted by atomic mass is 10.0. The standard InChI is InChI=1S/C19H14N2O4/c1-10(22)25-21-18-14-9-11(24-2)7-8-12(14)17-16(18)13-5-3-4-6-15(13)20-19(17)23/h3-9H,1-2H3,(H,20,23)/b21-18-. The van der Waals surface area contributed by atoms with Gasteiger partial charge in [-0.05, 0) is 29.8 Å². The SMILES string of the molecule is COc1ccc2c(c1)/C(=N/OC(C)=O)c1c-2c(=O)[nH]c2ccccc12. The number of aromatic amines is 1. The van der Waals surface area contributed by atoms with E-state index in [1.165, 1.54) is 6.92 Å². The molecule has 0 bridgehead atoms. The minimum atomic E-state index is -0.528. The number of oxime groups is 1. The molecule has 4 rings (SSSR count). The molecule has 2 aromatic carbocycles. The quantitative estimate of drug-likeness (QED) is 0.451. The number of nitrogens with one attached hydrogen (secondary N) is 1. The summed E-state index contributed by atoms with van der Waals surface area (Å²) in [6, 6.07) is 12.8. The molecule has 0 spiro atoms. The van der Waals surface area contributed by atoms with Crippen molar-refractivity contribution >= 4 is 22.6 Å². The molecule has 6 nitrogen and oxygen atoms in total. The number of nitrogens with zero attached hydrogens (tertiary/aromatic N) is 1. The van der Waals surface area contributed by atoms with Crippen LogP contribution in [0.5, 0.6) is 5.75 Å². The molecular formula is C19H14N2O4. The van der Waals surface area contributed by atoms with Crippen LogP contribution in [0.4, 0.5) is 0 Å². The summed E-state index contributed by atoms with van der Waals surface area (Å²) in [4.78, 5) is 31.7. The third kappa shape index (κ3) is 2.30. The largest absolute Gasteiger partial charge is 0.497 e. The second kappa shape index (κ2) is 5.59. The van der Waals surface area contributed by atoms with Crippen LogP contribution in [0.25, 0.3) is 22.0 Å². The van der Waals surface area contributed by atoms with Crippen LogP contribution in [0.1, 0.15) is 18.1 Å². The van der Waals surface area contributed by atoms with Gasteiger partial charge in [0.15, 0.2) is 0 Å². The number of aromatic nitrogens is 1. The molecule has 124 valence electrons. The Morgan fingerprint density at radius 3 is 2.64 bits per heavy atom. The Hall–Kier alpha value is -3.41. The molecule has 1 aliphatic rings. The number of fused-ring (bicyclic) bond motifs is 5. The van der Waals surface area contributed by atoms with E-state index < -0.39 is 5.97 Å². The number of hydrogen-bond donors (Lipinski definition) is 1. The fourth-order valence-electron chi connectivity index (χ4n) is 3.15. The summed E-state index contributed by atoms with van der Waals surface area (Å²) < 4.78 is 5.28. The number of benzene rings is 2. The number of rotatable bonds is 2. The zero-order chi connectivity index (χ0) is 17.6. The monoisotopic (exact) mass is 334 g/mol. The lowest BCUT2D eigenvalue weighted by Crippen LogP contribution is -2.11. The van der Waals surface area contributed by atoms with Gasteiger partial charge in [-0.1, -0.05) is 23.4 Å². The van der Waals surface area contributed by atoms with Crippen molar-refractivity contribution in [1.29, 1.82) is 0 Å². The van der Waals surface area contributed by atoms with Crippen molar-refractivity contribution in [1.82, 2.24) is 4.98 Å². The van der Waals surface area contributed by atoms with Crippen molar-refractivity contribution in [2.75, 3.05) is 7.11 Å². The summed E-state index contributed by atoms with van der Waals surface area (Å²) in [5, 5.41) is 4.86. The van der Waals surface area contributed by atoms with Crippen LogP contribution in [0.15, 0.2) is 52.4 Å². The summed E-state index contributed by atoms with van der Waals surface area (Å²) in [6.07, 6.45) is 0. The molecule has 0 radical (unpaired) electrons. The number of pyridine rings is 1. The molecule has 0 aliphatic heterocycles. The van der Waals surface area contributed by atoms with Gasteiger partial charge in [-0.25, -0.2) is 4.79 Å². The Kier molecular flexibility index (Phi) is 3.39. The van der Waals surface area contributed by atoms with E-state index in [2.05, 4.69) is 10.1 Å². The van der Waals surface area contributed by atoms with Gasteiger partial charge in [0, 0.05) is 29.0 Å². The number of hydrogen-bond acceptors (Lipinski definition) is 5. The number of para-hydroxylation sites is 1. The Morgan fingerprint density at radius 2 is 1.88 bits per heavy atom. The van der Waals surface area contributed by atoms with Crippen LogP contribution in [0, 0.1) is 0 Å². The fraction of sp³-hybridized carbons (Fsp3) is 0.105. The molecule has 1 aliphatic carbocycles. The van der Waals surface area contributed by atoms with Gasteiger partial charge in [0.1, 0.15) is 11.5 Å². The van der Waals surface area contributed by atoms with E-state index in [1.54, 1.807) is 19.2 Å². The molecule has 0 atom stereocenters. The van der Waals surface area contributed by atoms with E-state index in [1.807, 2.05) is 30.3 Å². The molecule has 1 aromatic heterocycles. The summed E-state index contributed by atoms with van der Waals surface area (Å²) >= 11 is 0. The minimum Gasteiger partial charge on any atom is -0.497 e. The third-order valence-corrected chi connectivity index (χ3v) is 4.18. The van der Waals surface area contributed by atoms with Crippen molar-refractivity contribution in [2.45, 2.75) is 6.92 Å². The fourth-order valence-corrected chi connectivity index (χ4v) is 3.15. The highest BCUT2D eigenvalue weighted by atomic mass is 16.7. The number of carbonyl (C=O) groups excluding carboxylic acids is 1. The first-order chi connectivity index (χ1) is 12.1. The van der Waals surface area contributed by atoms with E-state index >= 15 is 0 Å². The number of methoxy groups -OCH3 is 1. The number of ether oxygens (including phenoxy) is 1. The average molecular weight is 334 g/mol. The van der Waals surface area contributed by atoms with Crippen LogP contribution in [-0.2, 0) is 9.63 Å². The molecule has 0 saturated heterocycles.